The molecule has 0 aromatic carbocycles. The van der Waals surface area contributed by atoms with Crippen LogP contribution in [0.1, 0.15) is 26.7 Å². The first-order valence-corrected chi connectivity index (χ1v) is 5.23. The molecule has 3 heteroatoms. The molecule has 0 heterocycles. The summed E-state index contributed by atoms with van der Waals surface area (Å²) in [6.45, 7) is 4.34. The molecule has 0 aromatic rings. The van der Waals surface area contributed by atoms with Gasteiger partial charge in [0.2, 0.25) is 0 Å². The molecule has 0 spiro atoms. The van der Waals surface area contributed by atoms with Crippen molar-refractivity contribution < 1.29 is 9.53 Å². The number of hydrogen-bond donors (Lipinski definition) is 0. The van der Waals surface area contributed by atoms with Crippen molar-refractivity contribution in [1.29, 1.82) is 0 Å². The van der Waals surface area contributed by atoms with Gasteiger partial charge < -0.3 is 4.74 Å². The van der Waals surface area contributed by atoms with E-state index in [9.17, 15) is 4.79 Å². The Kier molecular flexibility index (Phi) is 4.21. The van der Waals surface area contributed by atoms with E-state index in [1.807, 2.05) is 0 Å². The third-order valence-corrected chi connectivity index (χ3v) is 2.55. The highest BCUT2D eigenvalue weighted by atomic mass is 35.5. The molecule has 0 bridgehead atoms. The standard InChI is InChI=1S/C11H15ClO2/c1-3-14-11(13)5-4-9-6-8(2)7-10(9)12/h4-5,8H,3,6-7H2,1-2H3/b5-4+. The van der Waals surface area contributed by atoms with E-state index >= 15 is 0 Å². The molecule has 1 aliphatic rings. The van der Waals surface area contributed by atoms with E-state index in [0.29, 0.717) is 12.5 Å². The molecule has 14 heavy (non-hydrogen) atoms. The lowest BCUT2D eigenvalue weighted by atomic mass is 10.1. The fourth-order valence-electron chi connectivity index (χ4n) is 1.51. The number of esters is 1. The maximum absolute atomic E-state index is 11.0. The van der Waals surface area contributed by atoms with Crippen LogP contribution in [0.15, 0.2) is 22.8 Å². The first kappa shape index (κ1) is 11.3. The van der Waals surface area contributed by atoms with E-state index in [0.717, 1.165) is 23.4 Å². The normalized spacial score (nSPS) is 22.1. The molecule has 0 aromatic heterocycles. The van der Waals surface area contributed by atoms with Gasteiger partial charge in [0.1, 0.15) is 0 Å². The zero-order valence-electron chi connectivity index (χ0n) is 8.55. The van der Waals surface area contributed by atoms with Crippen molar-refractivity contribution in [2.75, 3.05) is 6.61 Å². The Balaban J connectivity index is 2.52. The van der Waals surface area contributed by atoms with Crippen molar-refractivity contribution in [1.82, 2.24) is 0 Å². The van der Waals surface area contributed by atoms with Crippen LogP contribution in [-0.2, 0) is 9.53 Å². The number of ether oxygens (including phenoxy) is 1. The van der Waals surface area contributed by atoms with E-state index in [1.165, 1.54) is 6.08 Å². The minimum atomic E-state index is -0.302. The zero-order valence-corrected chi connectivity index (χ0v) is 9.30. The smallest absolute Gasteiger partial charge is 0.330 e. The van der Waals surface area contributed by atoms with Gasteiger partial charge in [-0.15, -0.1) is 0 Å². The van der Waals surface area contributed by atoms with Crippen molar-refractivity contribution >= 4 is 17.6 Å². The maximum atomic E-state index is 11.0. The quantitative estimate of drug-likeness (QED) is 0.533. The average Bonchev–Trinajstić information content (AvgIpc) is 2.42. The number of carbonyl (C=O) groups excluding carboxylic acids is 1. The number of allylic oxidation sites excluding steroid dienone is 3. The van der Waals surface area contributed by atoms with Crippen LogP contribution in [0.2, 0.25) is 0 Å². The van der Waals surface area contributed by atoms with Crippen LogP contribution < -0.4 is 0 Å². The second kappa shape index (κ2) is 5.20. The molecule has 1 atom stereocenters. The van der Waals surface area contributed by atoms with Gasteiger partial charge in [0.15, 0.2) is 0 Å². The Morgan fingerprint density at radius 3 is 2.86 bits per heavy atom. The van der Waals surface area contributed by atoms with Crippen molar-refractivity contribution in [2.24, 2.45) is 5.92 Å². The summed E-state index contributed by atoms with van der Waals surface area (Å²) in [7, 11) is 0. The van der Waals surface area contributed by atoms with Gasteiger partial charge in [0.05, 0.1) is 6.61 Å². The molecule has 78 valence electrons. The molecule has 0 radical (unpaired) electrons. The minimum Gasteiger partial charge on any atom is -0.463 e. The molecule has 1 unspecified atom stereocenters. The second-order valence-corrected chi connectivity index (χ2v) is 3.99. The Morgan fingerprint density at radius 2 is 2.36 bits per heavy atom. The SMILES string of the molecule is CCOC(=O)/C=C/C1=C(Cl)CC(C)C1. The van der Waals surface area contributed by atoms with Crippen LogP contribution in [0.3, 0.4) is 0 Å². The fraction of sp³-hybridized carbons (Fsp3) is 0.545. The van der Waals surface area contributed by atoms with Crippen LogP contribution in [-0.4, -0.2) is 12.6 Å². The van der Waals surface area contributed by atoms with Gasteiger partial charge >= 0.3 is 5.97 Å². The van der Waals surface area contributed by atoms with E-state index in [1.54, 1.807) is 13.0 Å². The van der Waals surface area contributed by atoms with Crippen molar-refractivity contribution in [3.63, 3.8) is 0 Å². The molecule has 0 fully saturated rings. The molecule has 1 aliphatic carbocycles. The number of halogens is 1. The van der Waals surface area contributed by atoms with Gasteiger partial charge in [-0.05, 0) is 31.3 Å². The first-order chi connectivity index (χ1) is 6.63. The molecule has 2 nitrogen and oxygen atoms in total. The zero-order chi connectivity index (χ0) is 10.6. The Hall–Kier alpha value is -0.760. The highest BCUT2D eigenvalue weighted by molar-refractivity contribution is 6.30. The second-order valence-electron chi connectivity index (χ2n) is 3.53. The fourth-order valence-corrected chi connectivity index (χ4v) is 1.92. The molecule has 0 amide bonds. The lowest BCUT2D eigenvalue weighted by molar-refractivity contribution is -0.137. The molecular formula is C11H15ClO2. The van der Waals surface area contributed by atoms with Crippen LogP contribution in [0.5, 0.6) is 0 Å². The number of hydrogen-bond acceptors (Lipinski definition) is 2. The van der Waals surface area contributed by atoms with E-state index < -0.39 is 0 Å². The van der Waals surface area contributed by atoms with Crippen LogP contribution in [0.25, 0.3) is 0 Å². The molecule has 0 saturated heterocycles. The van der Waals surface area contributed by atoms with E-state index in [-0.39, 0.29) is 5.97 Å². The van der Waals surface area contributed by atoms with Crippen LogP contribution in [0, 0.1) is 5.92 Å². The van der Waals surface area contributed by atoms with Crippen LogP contribution in [0.4, 0.5) is 0 Å². The summed E-state index contributed by atoms with van der Waals surface area (Å²) in [6, 6.07) is 0. The summed E-state index contributed by atoms with van der Waals surface area (Å²) in [5, 5.41) is 0.873. The van der Waals surface area contributed by atoms with Crippen molar-refractivity contribution in [3.8, 4) is 0 Å². The molecule has 1 rings (SSSR count). The summed E-state index contributed by atoms with van der Waals surface area (Å²) in [5.74, 6) is 0.286. The predicted octanol–water partition coefficient (Wildman–Crippen LogP) is 3.03. The molecular weight excluding hydrogens is 200 g/mol. The third-order valence-electron chi connectivity index (χ3n) is 2.15. The largest absolute Gasteiger partial charge is 0.463 e. The van der Waals surface area contributed by atoms with E-state index in [2.05, 4.69) is 6.92 Å². The van der Waals surface area contributed by atoms with Gasteiger partial charge in [0.25, 0.3) is 0 Å². The first-order valence-electron chi connectivity index (χ1n) is 4.85. The Bertz CT molecular complexity index is 279. The predicted molar refractivity (Wildman–Crippen MR) is 57.1 cm³/mol. The lowest BCUT2D eigenvalue weighted by Crippen LogP contribution is -1.99. The highest BCUT2D eigenvalue weighted by Gasteiger charge is 2.17. The Labute approximate surface area is 89.6 Å². The van der Waals surface area contributed by atoms with Gasteiger partial charge in [-0.2, -0.15) is 0 Å². The average molecular weight is 215 g/mol. The van der Waals surface area contributed by atoms with Gasteiger partial charge in [-0.3, -0.25) is 0 Å². The number of carbonyl (C=O) groups is 1. The molecule has 0 aliphatic heterocycles. The summed E-state index contributed by atoms with van der Waals surface area (Å²) in [4.78, 5) is 11.0. The monoisotopic (exact) mass is 214 g/mol. The summed E-state index contributed by atoms with van der Waals surface area (Å²) >= 11 is 6.01. The van der Waals surface area contributed by atoms with Crippen molar-refractivity contribution in [3.05, 3.63) is 22.8 Å². The van der Waals surface area contributed by atoms with Crippen LogP contribution >= 0.6 is 11.6 Å². The summed E-state index contributed by atoms with van der Waals surface area (Å²) in [6.07, 6.45) is 5.09. The third kappa shape index (κ3) is 3.18. The van der Waals surface area contributed by atoms with Gasteiger partial charge in [-0.1, -0.05) is 24.6 Å². The molecule has 0 saturated carbocycles. The van der Waals surface area contributed by atoms with Gasteiger partial charge in [0, 0.05) is 11.1 Å². The van der Waals surface area contributed by atoms with Gasteiger partial charge in [-0.25, -0.2) is 4.79 Å². The number of rotatable bonds is 3. The highest BCUT2D eigenvalue weighted by Crippen LogP contribution is 2.34. The maximum Gasteiger partial charge on any atom is 0.330 e. The Morgan fingerprint density at radius 1 is 1.64 bits per heavy atom. The summed E-state index contributed by atoms with van der Waals surface area (Å²) < 4.78 is 4.77. The van der Waals surface area contributed by atoms with E-state index in [4.69, 9.17) is 16.3 Å². The lowest BCUT2D eigenvalue weighted by Gasteiger charge is -1.97. The van der Waals surface area contributed by atoms with Crippen molar-refractivity contribution in [2.45, 2.75) is 26.7 Å². The minimum absolute atomic E-state index is 0.302. The molecule has 0 N–H and O–H groups in total. The topological polar surface area (TPSA) is 26.3 Å². The summed E-state index contributed by atoms with van der Waals surface area (Å²) in [5.41, 5.74) is 1.06.